The van der Waals surface area contributed by atoms with Gasteiger partial charge in [0.15, 0.2) is 18.5 Å². The van der Waals surface area contributed by atoms with Crippen LogP contribution in [0.2, 0.25) is 0 Å². The molecule has 148 valence electrons. The summed E-state index contributed by atoms with van der Waals surface area (Å²) in [6.07, 6.45) is -3.93. The lowest BCUT2D eigenvalue weighted by Crippen LogP contribution is -2.40. The van der Waals surface area contributed by atoms with E-state index in [0.29, 0.717) is 20.0 Å². The van der Waals surface area contributed by atoms with Gasteiger partial charge >= 0.3 is 24.1 Å². The molecule has 0 aromatic heterocycles. The largest absolute Gasteiger partial charge is 0.344 e. The standard InChI is InChI=1S/2C4H4N6O4/c11-3-5-1-2(10(3)8-14)6-4(12)9(1)7-13;11-3-5-1-2(9(3)7-13)10(8-14)4(12)6-1/h2*1-2H,(H,5,11)(H,6,12). The van der Waals surface area contributed by atoms with E-state index in [4.69, 9.17) is 0 Å². The maximum absolute atomic E-state index is 11.0. The summed E-state index contributed by atoms with van der Waals surface area (Å²) in [4.78, 5) is 84.8. The lowest BCUT2D eigenvalue weighted by Gasteiger charge is -2.15. The Hall–Kier alpha value is -4.52. The second-order valence-corrected chi connectivity index (χ2v) is 5.28. The Morgan fingerprint density at radius 1 is 0.536 bits per heavy atom. The number of carbonyl (C=O) groups is 4. The van der Waals surface area contributed by atoms with Gasteiger partial charge in [0.25, 0.3) is 0 Å². The third-order valence-corrected chi connectivity index (χ3v) is 3.91. The SMILES string of the molecule is O=NN1C(=O)NC2C1NC(=O)N2N=O.O=NN1C(=O)NC2NC(=O)N(N=O)C21. The van der Waals surface area contributed by atoms with Crippen LogP contribution in [0.3, 0.4) is 0 Å². The molecule has 8 amide bonds. The van der Waals surface area contributed by atoms with Gasteiger partial charge in [0.2, 0.25) is 0 Å². The molecule has 4 aliphatic rings. The maximum Gasteiger partial charge on any atom is 0.344 e. The highest BCUT2D eigenvalue weighted by molar-refractivity contribution is 5.85. The molecule has 0 radical (unpaired) electrons. The molecule has 4 aliphatic heterocycles. The molecule has 4 saturated heterocycles. The Bertz CT molecular complexity index is 722. The molecule has 2 unspecified atom stereocenters. The van der Waals surface area contributed by atoms with Crippen molar-refractivity contribution >= 4 is 24.1 Å². The Kier molecular flexibility index (Phi) is 4.34. The highest BCUT2D eigenvalue weighted by Crippen LogP contribution is 2.22. The summed E-state index contributed by atoms with van der Waals surface area (Å²) in [5.41, 5.74) is 0. The van der Waals surface area contributed by atoms with E-state index in [9.17, 15) is 38.8 Å². The number of nitrogens with one attached hydrogen (secondary N) is 4. The number of hydrogen-bond acceptors (Lipinski definition) is 12. The van der Waals surface area contributed by atoms with Crippen LogP contribution in [0.15, 0.2) is 21.1 Å². The monoisotopic (exact) mass is 400 g/mol. The van der Waals surface area contributed by atoms with Gasteiger partial charge in [-0.15, -0.1) is 29.6 Å². The third kappa shape index (κ3) is 2.55. The van der Waals surface area contributed by atoms with Crippen LogP contribution >= 0.6 is 0 Å². The van der Waals surface area contributed by atoms with Crippen molar-refractivity contribution in [1.82, 2.24) is 41.3 Å². The molecule has 4 N–H and O–H groups in total. The number of hydrogen-bond donors (Lipinski definition) is 4. The predicted octanol–water partition coefficient (Wildman–Crippen LogP) is -1.90. The molecule has 0 bridgehead atoms. The second kappa shape index (κ2) is 6.65. The predicted molar refractivity (Wildman–Crippen MR) is 79.8 cm³/mol. The quantitative estimate of drug-likeness (QED) is 0.387. The van der Waals surface area contributed by atoms with Crippen molar-refractivity contribution in [2.75, 3.05) is 0 Å². The fourth-order valence-corrected chi connectivity index (χ4v) is 2.74. The van der Waals surface area contributed by atoms with Crippen LogP contribution < -0.4 is 21.3 Å². The van der Waals surface area contributed by atoms with Crippen molar-refractivity contribution < 1.29 is 19.2 Å². The molecule has 28 heavy (non-hydrogen) atoms. The zero-order valence-corrected chi connectivity index (χ0v) is 13.2. The number of nitroso groups, excluding NO2 is 4. The molecule has 4 heterocycles. The zero-order chi connectivity index (χ0) is 20.6. The molecule has 4 rings (SSSR count). The Balaban J connectivity index is 0.000000161. The van der Waals surface area contributed by atoms with E-state index in [2.05, 4.69) is 42.4 Å². The topological polar surface area (TPSA) is 247 Å². The molecular formula is C8H8N12O8. The minimum atomic E-state index is -1.12. The minimum absolute atomic E-state index is 0.434. The number of carbonyl (C=O) groups excluding carboxylic acids is 4. The van der Waals surface area contributed by atoms with Gasteiger partial charge in [0.1, 0.15) is 6.17 Å². The number of urea groups is 4. The molecular weight excluding hydrogens is 392 g/mol. The molecule has 0 aromatic carbocycles. The summed E-state index contributed by atoms with van der Waals surface area (Å²) in [5.74, 6) is 0. The van der Waals surface area contributed by atoms with Crippen LogP contribution in [0.25, 0.3) is 0 Å². The molecule has 20 heteroatoms. The Labute approximate surface area is 151 Å². The van der Waals surface area contributed by atoms with Gasteiger partial charge in [0, 0.05) is 0 Å². The van der Waals surface area contributed by atoms with Gasteiger partial charge in [-0.25, -0.2) is 19.2 Å². The second-order valence-electron chi connectivity index (χ2n) is 5.28. The third-order valence-electron chi connectivity index (χ3n) is 3.91. The van der Waals surface area contributed by atoms with Gasteiger partial charge in [-0.1, -0.05) is 0 Å². The van der Waals surface area contributed by atoms with Crippen molar-refractivity contribution in [3.63, 3.8) is 0 Å². The van der Waals surface area contributed by atoms with Crippen LogP contribution in [0, 0.1) is 19.6 Å². The number of amides is 8. The maximum atomic E-state index is 11.0. The molecule has 0 saturated carbocycles. The van der Waals surface area contributed by atoms with Crippen LogP contribution in [0.4, 0.5) is 19.2 Å². The van der Waals surface area contributed by atoms with Gasteiger partial charge in [0.05, 0.1) is 21.1 Å². The first-order valence-electron chi connectivity index (χ1n) is 7.10. The van der Waals surface area contributed by atoms with E-state index < -0.39 is 48.8 Å². The smallest absolute Gasteiger partial charge is 0.312 e. The summed E-state index contributed by atoms with van der Waals surface area (Å²) in [6, 6.07) is -3.15. The number of rotatable bonds is 4. The summed E-state index contributed by atoms with van der Waals surface area (Å²) in [6.45, 7) is 0. The van der Waals surface area contributed by atoms with Crippen molar-refractivity contribution in [3.05, 3.63) is 19.6 Å². The molecule has 0 aliphatic carbocycles. The highest BCUT2D eigenvalue weighted by atomic mass is 16.3. The summed E-state index contributed by atoms with van der Waals surface area (Å²) in [5, 5.41) is 20.3. The van der Waals surface area contributed by atoms with Gasteiger partial charge < -0.3 is 21.3 Å². The van der Waals surface area contributed by atoms with Crippen LogP contribution in [0.1, 0.15) is 0 Å². The lowest BCUT2D eigenvalue weighted by molar-refractivity contribution is 0.132. The van der Waals surface area contributed by atoms with E-state index in [1.807, 2.05) is 0 Å². The zero-order valence-electron chi connectivity index (χ0n) is 13.2. The first-order chi connectivity index (χ1) is 13.4. The van der Waals surface area contributed by atoms with E-state index >= 15 is 0 Å². The molecule has 2 atom stereocenters. The van der Waals surface area contributed by atoms with Gasteiger partial charge in [-0.05, 0) is 0 Å². The van der Waals surface area contributed by atoms with Gasteiger partial charge in [-0.2, -0.15) is 10.0 Å². The highest BCUT2D eigenvalue weighted by Gasteiger charge is 2.54. The minimum Gasteiger partial charge on any atom is -0.312 e. The van der Waals surface area contributed by atoms with Crippen molar-refractivity contribution in [2.24, 2.45) is 21.1 Å². The summed E-state index contributed by atoms with van der Waals surface area (Å²) in [7, 11) is 0. The molecule has 0 spiro atoms. The Morgan fingerprint density at radius 3 is 1.18 bits per heavy atom. The first-order valence-corrected chi connectivity index (χ1v) is 7.10. The van der Waals surface area contributed by atoms with Gasteiger partial charge in [-0.3, -0.25) is 0 Å². The van der Waals surface area contributed by atoms with E-state index in [-0.39, 0.29) is 0 Å². The number of nitrogens with zero attached hydrogens (tertiary/aromatic N) is 8. The average Bonchev–Trinajstić information content (AvgIpc) is 3.32. The molecule has 20 nitrogen and oxygen atoms in total. The average molecular weight is 400 g/mol. The Morgan fingerprint density at radius 2 is 0.857 bits per heavy atom. The van der Waals surface area contributed by atoms with Crippen molar-refractivity contribution in [2.45, 2.75) is 24.7 Å². The van der Waals surface area contributed by atoms with Crippen LogP contribution in [0.5, 0.6) is 0 Å². The van der Waals surface area contributed by atoms with Crippen LogP contribution in [-0.4, -0.2) is 68.8 Å². The van der Waals surface area contributed by atoms with E-state index in [0.717, 1.165) is 0 Å². The normalized spacial score (nSPS) is 29.7. The van der Waals surface area contributed by atoms with Crippen molar-refractivity contribution in [3.8, 4) is 0 Å². The summed E-state index contributed by atoms with van der Waals surface area (Å²) < 4.78 is 0. The fourth-order valence-electron chi connectivity index (χ4n) is 2.74. The fraction of sp³-hybridized carbons (Fsp3) is 0.500. The number of fused-ring (bicyclic) bond motifs is 2. The van der Waals surface area contributed by atoms with E-state index in [1.54, 1.807) is 0 Å². The van der Waals surface area contributed by atoms with Crippen LogP contribution in [-0.2, 0) is 0 Å². The molecule has 0 aromatic rings. The summed E-state index contributed by atoms with van der Waals surface area (Å²) >= 11 is 0. The first kappa shape index (κ1) is 18.3. The lowest BCUT2D eigenvalue weighted by atomic mass is 10.4. The molecule has 4 fully saturated rings. The van der Waals surface area contributed by atoms with Crippen molar-refractivity contribution in [1.29, 1.82) is 0 Å². The van der Waals surface area contributed by atoms with E-state index in [1.165, 1.54) is 0 Å².